The largest absolute Gasteiger partial charge is 0.391 e. The van der Waals surface area contributed by atoms with Crippen LogP contribution in [0.3, 0.4) is 0 Å². The van der Waals surface area contributed by atoms with Gasteiger partial charge >= 0.3 is 0 Å². The maximum absolute atomic E-state index is 9.83. The average molecular weight is 187 g/mol. The predicted octanol–water partition coefficient (Wildman–Crippen LogP) is -0.799. The number of fused-ring (bicyclic) bond motifs is 1. The molecule has 2 saturated heterocycles. The Hall–Kier alpha value is -0.160. The van der Waals surface area contributed by atoms with Crippen molar-refractivity contribution >= 4 is 0 Å². The van der Waals surface area contributed by atoms with Crippen molar-refractivity contribution in [2.75, 3.05) is 20.2 Å². The molecule has 0 aromatic rings. The van der Waals surface area contributed by atoms with E-state index in [2.05, 4.69) is 4.90 Å². The highest BCUT2D eigenvalue weighted by Gasteiger charge is 2.45. The number of rotatable bonds is 1. The summed E-state index contributed by atoms with van der Waals surface area (Å²) in [5.74, 6) is 0. The van der Waals surface area contributed by atoms with E-state index in [1.165, 1.54) is 0 Å². The van der Waals surface area contributed by atoms with E-state index >= 15 is 0 Å². The normalized spacial score (nSPS) is 46.4. The lowest BCUT2D eigenvalue weighted by Crippen LogP contribution is -2.49. The number of ether oxygens (including phenoxy) is 1. The standard InChI is InChI=1S/C9H17NO3/c1-13-7-5-10-4-2-3-6(11)8(10)9(7)12/h6-9,11-12H,2-5H2,1H3/t6-,7-,8-,9-/m1/s1. The maximum Gasteiger partial charge on any atom is 0.0994 e. The van der Waals surface area contributed by atoms with Crippen LogP contribution in [0, 0.1) is 0 Å². The molecule has 0 bridgehead atoms. The van der Waals surface area contributed by atoms with Crippen molar-refractivity contribution < 1.29 is 14.9 Å². The minimum absolute atomic E-state index is 0.0984. The van der Waals surface area contributed by atoms with Gasteiger partial charge in [0.05, 0.1) is 24.4 Å². The van der Waals surface area contributed by atoms with E-state index in [4.69, 9.17) is 4.74 Å². The number of methoxy groups -OCH3 is 1. The summed E-state index contributed by atoms with van der Waals surface area (Å²) in [6.45, 7) is 1.72. The molecule has 0 saturated carbocycles. The monoisotopic (exact) mass is 187 g/mol. The average Bonchev–Trinajstić information content (AvgIpc) is 2.44. The van der Waals surface area contributed by atoms with Crippen LogP contribution in [-0.2, 0) is 4.74 Å². The minimum atomic E-state index is -0.528. The lowest BCUT2D eigenvalue weighted by Gasteiger charge is -2.34. The molecule has 2 N–H and O–H groups in total. The molecule has 2 fully saturated rings. The smallest absolute Gasteiger partial charge is 0.0994 e. The molecule has 4 nitrogen and oxygen atoms in total. The maximum atomic E-state index is 9.83. The van der Waals surface area contributed by atoms with E-state index in [-0.39, 0.29) is 18.2 Å². The summed E-state index contributed by atoms with van der Waals surface area (Å²) in [5, 5.41) is 19.5. The van der Waals surface area contributed by atoms with Gasteiger partial charge < -0.3 is 14.9 Å². The first-order valence-electron chi connectivity index (χ1n) is 4.87. The van der Waals surface area contributed by atoms with Gasteiger partial charge in [0.2, 0.25) is 0 Å². The molecule has 0 radical (unpaired) electrons. The van der Waals surface area contributed by atoms with Crippen LogP contribution in [0.5, 0.6) is 0 Å². The molecule has 0 amide bonds. The molecule has 13 heavy (non-hydrogen) atoms. The van der Waals surface area contributed by atoms with Crippen LogP contribution >= 0.6 is 0 Å². The van der Waals surface area contributed by atoms with Crippen molar-refractivity contribution in [1.29, 1.82) is 0 Å². The first kappa shape index (κ1) is 9.40. The predicted molar refractivity (Wildman–Crippen MR) is 47.4 cm³/mol. The second-order valence-electron chi connectivity index (χ2n) is 3.96. The number of piperidine rings is 1. The number of aliphatic hydroxyl groups is 2. The third-order valence-electron chi connectivity index (χ3n) is 3.21. The van der Waals surface area contributed by atoms with Crippen molar-refractivity contribution in [3.63, 3.8) is 0 Å². The van der Waals surface area contributed by atoms with Gasteiger partial charge in [-0.05, 0) is 19.4 Å². The van der Waals surface area contributed by atoms with Gasteiger partial charge in [-0.1, -0.05) is 0 Å². The Bertz CT molecular complexity index is 186. The van der Waals surface area contributed by atoms with Crippen LogP contribution in [0.1, 0.15) is 12.8 Å². The second-order valence-corrected chi connectivity index (χ2v) is 3.96. The van der Waals surface area contributed by atoms with Crippen molar-refractivity contribution in [2.45, 2.75) is 37.2 Å². The van der Waals surface area contributed by atoms with Crippen LogP contribution < -0.4 is 0 Å². The van der Waals surface area contributed by atoms with E-state index in [0.29, 0.717) is 0 Å². The van der Waals surface area contributed by atoms with Crippen molar-refractivity contribution in [3.8, 4) is 0 Å². The molecular formula is C9H17NO3. The molecule has 2 aliphatic heterocycles. The van der Waals surface area contributed by atoms with Crippen molar-refractivity contribution in [3.05, 3.63) is 0 Å². The molecule has 0 aliphatic carbocycles. The third kappa shape index (κ3) is 1.48. The number of hydrogen-bond donors (Lipinski definition) is 2. The van der Waals surface area contributed by atoms with E-state index in [0.717, 1.165) is 25.9 Å². The van der Waals surface area contributed by atoms with E-state index in [1.54, 1.807) is 7.11 Å². The Morgan fingerprint density at radius 1 is 1.38 bits per heavy atom. The Labute approximate surface area is 78.1 Å². The van der Waals surface area contributed by atoms with Crippen LogP contribution in [0.4, 0.5) is 0 Å². The summed E-state index contributed by atoms with van der Waals surface area (Å²) >= 11 is 0. The van der Waals surface area contributed by atoms with Crippen LogP contribution in [0.25, 0.3) is 0 Å². The van der Waals surface area contributed by atoms with Crippen molar-refractivity contribution in [1.82, 2.24) is 4.90 Å². The molecule has 2 rings (SSSR count). The summed E-state index contributed by atoms with van der Waals surface area (Å²) in [4.78, 5) is 2.13. The summed E-state index contributed by atoms with van der Waals surface area (Å²) in [6.07, 6.45) is 0.775. The molecule has 0 spiro atoms. The number of hydrogen-bond acceptors (Lipinski definition) is 4. The molecule has 2 aliphatic rings. The summed E-state index contributed by atoms with van der Waals surface area (Å²) < 4.78 is 5.16. The number of nitrogens with zero attached hydrogens (tertiary/aromatic N) is 1. The summed E-state index contributed by atoms with van der Waals surface area (Å²) in [5.41, 5.74) is 0. The van der Waals surface area contributed by atoms with E-state index in [1.807, 2.05) is 0 Å². The first-order chi connectivity index (χ1) is 6.24. The fourth-order valence-corrected chi connectivity index (χ4v) is 2.50. The highest BCUT2D eigenvalue weighted by Crippen LogP contribution is 2.28. The summed E-state index contributed by atoms with van der Waals surface area (Å²) in [6, 6.07) is -0.0984. The quantitative estimate of drug-likeness (QED) is 0.564. The molecule has 2 heterocycles. The van der Waals surface area contributed by atoms with Gasteiger partial charge in [-0.2, -0.15) is 0 Å². The van der Waals surface area contributed by atoms with Gasteiger partial charge in [0.15, 0.2) is 0 Å². The first-order valence-corrected chi connectivity index (χ1v) is 4.87. The van der Waals surface area contributed by atoms with Crippen LogP contribution in [-0.4, -0.2) is 59.7 Å². The summed E-state index contributed by atoms with van der Waals surface area (Å²) in [7, 11) is 1.61. The van der Waals surface area contributed by atoms with Crippen LogP contribution in [0.15, 0.2) is 0 Å². The van der Waals surface area contributed by atoms with Gasteiger partial charge in [-0.15, -0.1) is 0 Å². The zero-order valence-electron chi connectivity index (χ0n) is 7.89. The Morgan fingerprint density at radius 2 is 2.15 bits per heavy atom. The molecule has 4 atom stereocenters. The zero-order valence-corrected chi connectivity index (χ0v) is 7.89. The zero-order chi connectivity index (χ0) is 9.42. The molecular weight excluding hydrogens is 170 g/mol. The molecule has 4 heteroatoms. The van der Waals surface area contributed by atoms with Crippen molar-refractivity contribution in [2.24, 2.45) is 0 Å². The lowest BCUT2D eigenvalue weighted by atomic mass is 9.97. The highest BCUT2D eigenvalue weighted by molar-refractivity contribution is 4.99. The minimum Gasteiger partial charge on any atom is -0.391 e. The molecule has 0 aromatic heterocycles. The Morgan fingerprint density at radius 3 is 2.77 bits per heavy atom. The van der Waals surface area contributed by atoms with E-state index in [9.17, 15) is 10.2 Å². The SMILES string of the molecule is CO[C@@H]1CN2CCC[C@@H](O)[C@@H]2[C@@H]1O. The van der Waals surface area contributed by atoms with Gasteiger partial charge in [0, 0.05) is 13.7 Å². The fraction of sp³-hybridized carbons (Fsp3) is 1.00. The van der Waals surface area contributed by atoms with E-state index < -0.39 is 6.10 Å². The molecule has 0 unspecified atom stereocenters. The van der Waals surface area contributed by atoms with Crippen LogP contribution in [0.2, 0.25) is 0 Å². The number of aliphatic hydroxyl groups excluding tert-OH is 2. The third-order valence-corrected chi connectivity index (χ3v) is 3.21. The molecule has 76 valence electrons. The molecule has 0 aromatic carbocycles. The highest BCUT2D eigenvalue weighted by atomic mass is 16.5. The second kappa shape index (κ2) is 3.53. The fourth-order valence-electron chi connectivity index (χ4n) is 2.50. The van der Waals surface area contributed by atoms with Gasteiger partial charge in [0.25, 0.3) is 0 Å². The topological polar surface area (TPSA) is 52.9 Å². The van der Waals surface area contributed by atoms with Gasteiger partial charge in [0.1, 0.15) is 0 Å². The Kier molecular flexibility index (Phi) is 2.55. The van der Waals surface area contributed by atoms with Gasteiger partial charge in [-0.25, -0.2) is 0 Å². The van der Waals surface area contributed by atoms with Gasteiger partial charge in [-0.3, -0.25) is 4.90 Å². The Balaban J connectivity index is 2.09. The lowest BCUT2D eigenvalue weighted by molar-refractivity contribution is -0.0361.